The van der Waals surface area contributed by atoms with E-state index in [0.29, 0.717) is 12.3 Å². The zero-order chi connectivity index (χ0) is 21.5. The molecule has 6 heteroatoms. The SMILES string of the molecule is COCCN(C)Cc1ccc(CC2CCN(C(=O)Cc3c(C)noc3C)CC2)cc1. The predicted octanol–water partition coefficient (Wildman–Crippen LogP) is 3.39. The molecule has 0 radical (unpaired) electrons. The summed E-state index contributed by atoms with van der Waals surface area (Å²) < 4.78 is 10.3. The van der Waals surface area contributed by atoms with Crippen LogP contribution < -0.4 is 0 Å². The zero-order valence-corrected chi connectivity index (χ0v) is 18.8. The first-order chi connectivity index (χ1) is 14.5. The van der Waals surface area contributed by atoms with E-state index in [2.05, 4.69) is 41.4 Å². The van der Waals surface area contributed by atoms with Gasteiger partial charge in [0.05, 0.1) is 18.7 Å². The average molecular weight is 414 g/mol. The monoisotopic (exact) mass is 413 g/mol. The molecular formula is C24H35N3O3. The minimum atomic E-state index is 0.185. The lowest BCUT2D eigenvalue weighted by molar-refractivity contribution is -0.131. The van der Waals surface area contributed by atoms with E-state index < -0.39 is 0 Å². The Morgan fingerprint density at radius 1 is 1.20 bits per heavy atom. The van der Waals surface area contributed by atoms with Crippen LogP contribution in [0.3, 0.4) is 0 Å². The molecule has 2 aromatic rings. The summed E-state index contributed by atoms with van der Waals surface area (Å²) in [6, 6.07) is 8.99. The smallest absolute Gasteiger partial charge is 0.227 e. The van der Waals surface area contributed by atoms with Crippen molar-refractivity contribution in [2.75, 3.05) is 40.4 Å². The van der Waals surface area contributed by atoms with Crippen molar-refractivity contribution < 1.29 is 14.1 Å². The molecule has 0 saturated carbocycles. The summed E-state index contributed by atoms with van der Waals surface area (Å²) in [5, 5.41) is 3.95. The van der Waals surface area contributed by atoms with Crippen molar-refractivity contribution in [3.8, 4) is 0 Å². The van der Waals surface area contributed by atoms with E-state index in [1.807, 2.05) is 18.7 Å². The van der Waals surface area contributed by atoms with Crippen LogP contribution >= 0.6 is 0 Å². The van der Waals surface area contributed by atoms with Crippen LogP contribution in [0.25, 0.3) is 0 Å². The molecule has 164 valence electrons. The second-order valence-electron chi connectivity index (χ2n) is 8.55. The summed E-state index contributed by atoms with van der Waals surface area (Å²) in [6.45, 7) is 8.09. The number of nitrogens with zero attached hydrogens (tertiary/aromatic N) is 3. The molecular weight excluding hydrogens is 378 g/mol. The molecule has 1 aliphatic rings. The van der Waals surface area contributed by atoms with Gasteiger partial charge in [-0.15, -0.1) is 0 Å². The first-order valence-electron chi connectivity index (χ1n) is 10.9. The van der Waals surface area contributed by atoms with Crippen LogP contribution in [0.4, 0.5) is 0 Å². The molecule has 0 bridgehead atoms. The van der Waals surface area contributed by atoms with Crippen molar-refractivity contribution in [1.29, 1.82) is 0 Å². The van der Waals surface area contributed by atoms with Crippen molar-refractivity contribution in [3.05, 3.63) is 52.4 Å². The molecule has 2 heterocycles. The number of aryl methyl sites for hydroxylation is 2. The average Bonchev–Trinajstić information content (AvgIpc) is 3.06. The highest BCUT2D eigenvalue weighted by Crippen LogP contribution is 2.23. The van der Waals surface area contributed by atoms with Gasteiger partial charge in [-0.05, 0) is 57.2 Å². The highest BCUT2D eigenvalue weighted by molar-refractivity contribution is 5.79. The van der Waals surface area contributed by atoms with E-state index in [1.54, 1.807) is 7.11 Å². The summed E-state index contributed by atoms with van der Waals surface area (Å²) in [5.74, 6) is 1.58. The summed E-state index contributed by atoms with van der Waals surface area (Å²) >= 11 is 0. The Bertz CT molecular complexity index is 788. The Morgan fingerprint density at radius 2 is 1.87 bits per heavy atom. The van der Waals surface area contributed by atoms with Gasteiger partial charge in [-0.2, -0.15) is 0 Å². The van der Waals surface area contributed by atoms with Crippen molar-refractivity contribution in [2.24, 2.45) is 5.92 Å². The standard InChI is InChI=1S/C24H35N3O3/c1-18-23(19(2)30-25-18)16-24(28)27-11-9-21(10-12-27)15-20-5-7-22(8-6-20)17-26(3)13-14-29-4/h5-8,21H,9-17H2,1-4H3. The molecule has 1 fully saturated rings. The van der Waals surface area contributed by atoms with Gasteiger partial charge in [0.25, 0.3) is 0 Å². The number of rotatable bonds is 9. The number of methoxy groups -OCH3 is 1. The van der Waals surface area contributed by atoms with E-state index in [9.17, 15) is 4.79 Å². The molecule has 1 saturated heterocycles. The maximum Gasteiger partial charge on any atom is 0.227 e. The van der Waals surface area contributed by atoms with Gasteiger partial charge in [0.1, 0.15) is 5.76 Å². The lowest BCUT2D eigenvalue weighted by Crippen LogP contribution is -2.39. The first kappa shape index (κ1) is 22.5. The zero-order valence-electron chi connectivity index (χ0n) is 18.8. The third-order valence-corrected chi connectivity index (χ3v) is 6.15. The van der Waals surface area contributed by atoms with Crippen molar-refractivity contribution in [1.82, 2.24) is 15.0 Å². The van der Waals surface area contributed by atoms with Crippen LogP contribution in [0.15, 0.2) is 28.8 Å². The molecule has 3 rings (SSSR count). The van der Waals surface area contributed by atoms with Crippen LogP contribution in [0, 0.1) is 19.8 Å². The lowest BCUT2D eigenvalue weighted by atomic mass is 9.89. The van der Waals surface area contributed by atoms with Crippen molar-refractivity contribution >= 4 is 5.91 Å². The Labute approximate surface area is 180 Å². The van der Waals surface area contributed by atoms with Gasteiger partial charge < -0.3 is 14.2 Å². The third kappa shape index (κ3) is 6.16. The maximum absolute atomic E-state index is 12.7. The molecule has 1 aliphatic heterocycles. The fourth-order valence-corrected chi connectivity index (χ4v) is 4.16. The molecule has 1 aromatic carbocycles. The van der Waals surface area contributed by atoms with Crippen LogP contribution in [0.5, 0.6) is 0 Å². The number of piperidine rings is 1. The van der Waals surface area contributed by atoms with Gasteiger partial charge in [-0.1, -0.05) is 29.4 Å². The molecule has 1 amide bonds. The molecule has 0 N–H and O–H groups in total. The van der Waals surface area contributed by atoms with Gasteiger partial charge >= 0.3 is 0 Å². The maximum atomic E-state index is 12.7. The quantitative estimate of drug-likeness (QED) is 0.631. The van der Waals surface area contributed by atoms with Gasteiger partial charge in [0.2, 0.25) is 5.91 Å². The summed E-state index contributed by atoms with van der Waals surface area (Å²) in [5.41, 5.74) is 4.48. The molecule has 0 spiro atoms. The summed E-state index contributed by atoms with van der Waals surface area (Å²) in [6.07, 6.45) is 3.61. The van der Waals surface area contributed by atoms with Crippen molar-refractivity contribution in [2.45, 2.75) is 46.1 Å². The Hall–Kier alpha value is -2.18. The van der Waals surface area contributed by atoms with E-state index in [4.69, 9.17) is 9.26 Å². The fourth-order valence-electron chi connectivity index (χ4n) is 4.16. The molecule has 30 heavy (non-hydrogen) atoms. The third-order valence-electron chi connectivity index (χ3n) is 6.15. The lowest BCUT2D eigenvalue weighted by Gasteiger charge is -2.32. The number of carbonyl (C=O) groups excluding carboxylic acids is 1. The minimum Gasteiger partial charge on any atom is -0.383 e. The molecule has 0 unspecified atom stereocenters. The van der Waals surface area contributed by atoms with Crippen LogP contribution in [-0.4, -0.2) is 61.3 Å². The number of hydrogen-bond acceptors (Lipinski definition) is 5. The topological polar surface area (TPSA) is 58.8 Å². The second-order valence-corrected chi connectivity index (χ2v) is 8.55. The van der Waals surface area contributed by atoms with E-state index in [1.165, 1.54) is 11.1 Å². The Morgan fingerprint density at radius 3 is 2.47 bits per heavy atom. The second kappa shape index (κ2) is 10.7. The minimum absolute atomic E-state index is 0.185. The number of ether oxygens (including phenoxy) is 1. The Balaban J connectivity index is 1.43. The fraction of sp³-hybridized carbons (Fsp3) is 0.583. The number of likely N-dealkylation sites (tertiary alicyclic amines) is 1. The van der Waals surface area contributed by atoms with Crippen molar-refractivity contribution in [3.63, 3.8) is 0 Å². The molecule has 0 aliphatic carbocycles. The van der Waals surface area contributed by atoms with E-state index >= 15 is 0 Å². The number of likely N-dealkylation sites (N-methyl/N-ethyl adjacent to an activating group) is 1. The Kier molecular flexibility index (Phi) is 8.05. The normalized spacial score (nSPS) is 15.2. The molecule has 1 aromatic heterocycles. The summed E-state index contributed by atoms with van der Waals surface area (Å²) in [7, 11) is 3.86. The number of aromatic nitrogens is 1. The first-order valence-corrected chi connectivity index (χ1v) is 10.9. The number of hydrogen-bond donors (Lipinski definition) is 0. The van der Waals surface area contributed by atoms with E-state index in [-0.39, 0.29) is 5.91 Å². The number of carbonyl (C=O) groups is 1. The van der Waals surface area contributed by atoms with Crippen LogP contribution in [0.1, 0.15) is 41.0 Å². The summed E-state index contributed by atoms with van der Waals surface area (Å²) in [4.78, 5) is 16.9. The van der Waals surface area contributed by atoms with Gasteiger partial charge in [0.15, 0.2) is 0 Å². The van der Waals surface area contributed by atoms with Gasteiger partial charge in [0, 0.05) is 38.9 Å². The number of benzene rings is 1. The van der Waals surface area contributed by atoms with Crippen LogP contribution in [0.2, 0.25) is 0 Å². The van der Waals surface area contributed by atoms with E-state index in [0.717, 1.165) is 69.1 Å². The number of amides is 1. The highest BCUT2D eigenvalue weighted by atomic mass is 16.5. The molecule has 6 nitrogen and oxygen atoms in total. The largest absolute Gasteiger partial charge is 0.383 e. The highest BCUT2D eigenvalue weighted by Gasteiger charge is 2.24. The van der Waals surface area contributed by atoms with Crippen LogP contribution in [-0.2, 0) is 28.9 Å². The molecule has 0 atom stereocenters. The van der Waals surface area contributed by atoms with Gasteiger partial charge in [-0.25, -0.2) is 0 Å². The van der Waals surface area contributed by atoms with Gasteiger partial charge in [-0.3, -0.25) is 9.69 Å². The predicted molar refractivity (Wildman–Crippen MR) is 117 cm³/mol.